The summed E-state index contributed by atoms with van der Waals surface area (Å²) in [5.74, 6) is 0. The zero-order valence-electron chi connectivity index (χ0n) is 8.86. The van der Waals surface area contributed by atoms with E-state index in [0.29, 0.717) is 5.69 Å². The van der Waals surface area contributed by atoms with E-state index in [1.165, 1.54) is 0 Å². The van der Waals surface area contributed by atoms with E-state index in [4.69, 9.17) is 5.73 Å². The van der Waals surface area contributed by atoms with Crippen molar-refractivity contribution in [1.82, 2.24) is 9.97 Å². The lowest BCUT2D eigenvalue weighted by Gasteiger charge is -2.38. The highest BCUT2D eigenvalue weighted by molar-refractivity contribution is 5.13. The Kier molecular flexibility index (Phi) is 2.87. The Bertz CT molecular complexity index is 294. The van der Waals surface area contributed by atoms with Gasteiger partial charge in [-0.1, -0.05) is 20.8 Å². The van der Waals surface area contributed by atoms with Crippen LogP contribution in [0.3, 0.4) is 0 Å². The Hall–Kier alpha value is -1.00. The number of rotatable bonds is 2. The van der Waals surface area contributed by atoms with E-state index in [2.05, 4.69) is 9.97 Å². The minimum Gasteiger partial charge on any atom is -0.382 e. The molecule has 0 saturated carbocycles. The van der Waals surface area contributed by atoms with Crippen LogP contribution in [0.15, 0.2) is 18.6 Å². The highest BCUT2D eigenvalue weighted by Crippen LogP contribution is 2.36. The van der Waals surface area contributed by atoms with Crippen LogP contribution < -0.4 is 5.73 Å². The molecule has 0 aliphatic rings. The number of hydrogen-bond donors (Lipinski definition) is 2. The average Bonchev–Trinajstić information content (AvgIpc) is 2.16. The second kappa shape index (κ2) is 3.63. The Morgan fingerprint density at radius 1 is 1.36 bits per heavy atom. The summed E-state index contributed by atoms with van der Waals surface area (Å²) < 4.78 is 0. The van der Waals surface area contributed by atoms with Gasteiger partial charge in [-0.2, -0.15) is 0 Å². The molecule has 14 heavy (non-hydrogen) atoms. The van der Waals surface area contributed by atoms with E-state index >= 15 is 0 Å². The quantitative estimate of drug-likeness (QED) is 0.727. The van der Waals surface area contributed by atoms with Crippen molar-refractivity contribution in [3.63, 3.8) is 0 Å². The molecule has 0 aliphatic carbocycles. The minimum atomic E-state index is -1.12. The van der Waals surface area contributed by atoms with Crippen LogP contribution in [-0.2, 0) is 5.60 Å². The van der Waals surface area contributed by atoms with Gasteiger partial charge in [0.15, 0.2) is 0 Å². The first-order valence-electron chi connectivity index (χ1n) is 4.61. The van der Waals surface area contributed by atoms with Crippen LogP contribution >= 0.6 is 0 Å². The van der Waals surface area contributed by atoms with Crippen molar-refractivity contribution in [2.45, 2.75) is 26.4 Å². The summed E-state index contributed by atoms with van der Waals surface area (Å²) in [4.78, 5) is 8.03. The number of aliphatic hydroxyl groups is 1. The standard InChI is InChI=1S/C10H17N3O/c1-9(2,3)10(14,7-11)8-6-12-4-5-13-8/h4-6,14H,7,11H2,1-3H3. The largest absolute Gasteiger partial charge is 0.382 e. The van der Waals surface area contributed by atoms with E-state index in [9.17, 15) is 5.11 Å². The van der Waals surface area contributed by atoms with Crippen molar-refractivity contribution < 1.29 is 5.11 Å². The van der Waals surface area contributed by atoms with Gasteiger partial charge in [0.2, 0.25) is 0 Å². The van der Waals surface area contributed by atoms with Crippen molar-refractivity contribution in [3.8, 4) is 0 Å². The van der Waals surface area contributed by atoms with Crippen LogP contribution in [0.1, 0.15) is 26.5 Å². The second-order valence-electron chi connectivity index (χ2n) is 4.41. The third-order valence-electron chi connectivity index (χ3n) is 2.52. The maximum atomic E-state index is 10.4. The molecule has 0 amide bonds. The zero-order chi connectivity index (χ0) is 10.8. The van der Waals surface area contributed by atoms with Gasteiger partial charge in [-0.3, -0.25) is 9.97 Å². The molecule has 1 aromatic heterocycles. The maximum Gasteiger partial charge on any atom is 0.125 e. The van der Waals surface area contributed by atoms with Crippen LogP contribution in [0, 0.1) is 5.41 Å². The Morgan fingerprint density at radius 2 is 2.00 bits per heavy atom. The number of aromatic nitrogens is 2. The van der Waals surface area contributed by atoms with Crippen LogP contribution in [0.4, 0.5) is 0 Å². The van der Waals surface area contributed by atoms with E-state index < -0.39 is 5.60 Å². The number of hydrogen-bond acceptors (Lipinski definition) is 4. The maximum absolute atomic E-state index is 10.4. The summed E-state index contributed by atoms with van der Waals surface area (Å²) in [6.45, 7) is 5.91. The SMILES string of the molecule is CC(C)(C)C(O)(CN)c1cnccn1. The van der Waals surface area contributed by atoms with Crippen LogP contribution in [0.5, 0.6) is 0 Å². The molecule has 0 saturated heterocycles. The van der Waals surface area contributed by atoms with Gasteiger partial charge in [-0.25, -0.2) is 0 Å². The highest BCUT2D eigenvalue weighted by Gasteiger charge is 2.41. The molecule has 0 aromatic carbocycles. The van der Waals surface area contributed by atoms with Gasteiger partial charge >= 0.3 is 0 Å². The van der Waals surface area contributed by atoms with Gasteiger partial charge in [0.1, 0.15) is 5.60 Å². The molecular weight excluding hydrogens is 178 g/mol. The Morgan fingerprint density at radius 3 is 2.36 bits per heavy atom. The molecule has 1 unspecified atom stereocenters. The molecule has 0 aliphatic heterocycles. The fourth-order valence-electron chi connectivity index (χ4n) is 1.31. The van der Waals surface area contributed by atoms with Gasteiger partial charge < -0.3 is 10.8 Å². The Labute approximate surface area is 84.2 Å². The molecule has 3 N–H and O–H groups in total. The summed E-state index contributed by atoms with van der Waals surface area (Å²) in [6.07, 6.45) is 4.68. The fourth-order valence-corrected chi connectivity index (χ4v) is 1.31. The molecule has 0 spiro atoms. The molecule has 0 bridgehead atoms. The van der Waals surface area contributed by atoms with Crippen molar-refractivity contribution in [2.75, 3.05) is 6.54 Å². The lowest BCUT2D eigenvalue weighted by atomic mass is 9.74. The van der Waals surface area contributed by atoms with Crippen LogP contribution in [0.25, 0.3) is 0 Å². The number of nitrogens with two attached hydrogens (primary N) is 1. The zero-order valence-corrected chi connectivity index (χ0v) is 8.86. The fraction of sp³-hybridized carbons (Fsp3) is 0.600. The summed E-state index contributed by atoms with van der Waals surface area (Å²) in [5, 5.41) is 10.4. The van der Waals surface area contributed by atoms with Gasteiger partial charge in [-0.05, 0) is 5.41 Å². The normalized spacial score (nSPS) is 16.4. The van der Waals surface area contributed by atoms with Crippen molar-refractivity contribution in [1.29, 1.82) is 0 Å². The van der Waals surface area contributed by atoms with E-state index in [1.807, 2.05) is 20.8 Å². The third-order valence-corrected chi connectivity index (χ3v) is 2.52. The van der Waals surface area contributed by atoms with E-state index in [-0.39, 0.29) is 12.0 Å². The third kappa shape index (κ3) is 1.76. The predicted octanol–water partition coefficient (Wildman–Crippen LogP) is 0.669. The topological polar surface area (TPSA) is 72.0 Å². The molecule has 78 valence electrons. The lowest BCUT2D eigenvalue weighted by Crippen LogP contribution is -2.47. The predicted molar refractivity (Wildman–Crippen MR) is 54.4 cm³/mol. The second-order valence-corrected chi connectivity index (χ2v) is 4.41. The first-order valence-corrected chi connectivity index (χ1v) is 4.61. The van der Waals surface area contributed by atoms with Crippen molar-refractivity contribution >= 4 is 0 Å². The molecule has 1 rings (SSSR count). The van der Waals surface area contributed by atoms with Gasteiger partial charge in [0.25, 0.3) is 0 Å². The van der Waals surface area contributed by atoms with Crippen molar-refractivity contribution in [2.24, 2.45) is 11.1 Å². The van der Waals surface area contributed by atoms with E-state index in [0.717, 1.165) is 0 Å². The lowest BCUT2D eigenvalue weighted by molar-refractivity contribution is -0.0595. The summed E-state index contributed by atoms with van der Waals surface area (Å²) in [5.41, 5.74) is 4.64. The monoisotopic (exact) mass is 195 g/mol. The van der Waals surface area contributed by atoms with E-state index in [1.54, 1.807) is 18.6 Å². The first kappa shape index (κ1) is 11.1. The number of nitrogens with zero attached hydrogens (tertiary/aromatic N) is 2. The highest BCUT2D eigenvalue weighted by atomic mass is 16.3. The molecule has 0 radical (unpaired) electrons. The average molecular weight is 195 g/mol. The minimum absolute atomic E-state index is 0.134. The summed E-state index contributed by atoms with van der Waals surface area (Å²) in [6, 6.07) is 0. The van der Waals surface area contributed by atoms with Crippen LogP contribution in [-0.4, -0.2) is 21.6 Å². The molecule has 1 aromatic rings. The molecule has 1 atom stereocenters. The van der Waals surface area contributed by atoms with Crippen LogP contribution in [0.2, 0.25) is 0 Å². The van der Waals surface area contributed by atoms with Gasteiger partial charge in [-0.15, -0.1) is 0 Å². The molecule has 0 fully saturated rings. The first-order chi connectivity index (χ1) is 6.42. The van der Waals surface area contributed by atoms with Gasteiger partial charge in [0.05, 0.1) is 11.9 Å². The summed E-state index contributed by atoms with van der Waals surface area (Å²) >= 11 is 0. The summed E-state index contributed by atoms with van der Waals surface area (Å²) in [7, 11) is 0. The van der Waals surface area contributed by atoms with Crippen molar-refractivity contribution in [3.05, 3.63) is 24.3 Å². The molecule has 4 nitrogen and oxygen atoms in total. The molecule has 1 heterocycles. The smallest absolute Gasteiger partial charge is 0.125 e. The van der Waals surface area contributed by atoms with Gasteiger partial charge in [0, 0.05) is 18.9 Å². The molecule has 4 heteroatoms. The molecular formula is C10H17N3O. The Balaban J connectivity index is 3.15.